The molecule has 2 heterocycles. The average molecular weight is 403 g/mol. The van der Waals surface area contributed by atoms with Gasteiger partial charge in [-0.1, -0.05) is 6.08 Å². The lowest BCUT2D eigenvalue weighted by Gasteiger charge is -2.50. The Morgan fingerprint density at radius 1 is 1.03 bits per heavy atom. The van der Waals surface area contributed by atoms with E-state index in [0.29, 0.717) is 23.6 Å². The maximum Gasteiger partial charge on any atom is 0.303 e. The molecule has 8 nitrogen and oxygen atoms in total. The molecule has 1 aromatic carbocycles. The van der Waals surface area contributed by atoms with Crippen LogP contribution in [0.25, 0.3) is 0 Å². The number of hydrogen-bond donors (Lipinski definition) is 0. The third kappa shape index (κ3) is 2.81. The van der Waals surface area contributed by atoms with Gasteiger partial charge in [0.05, 0.1) is 20.3 Å². The minimum atomic E-state index is -0.629. The van der Waals surface area contributed by atoms with Gasteiger partial charge in [-0.25, -0.2) is 0 Å². The topological polar surface area (TPSA) is 83.5 Å². The van der Waals surface area contributed by atoms with E-state index in [-0.39, 0.29) is 17.9 Å². The number of hydrogen-bond acceptors (Lipinski definition) is 7. The summed E-state index contributed by atoms with van der Waals surface area (Å²) in [6, 6.07) is 3.23. The summed E-state index contributed by atoms with van der Waals surface area (Å²) in [7, 11) is 6.25. The van der Waals surface area contributed by atoms with E-state index in [1.54, 1.807) is 38.4 Å². The van der Waals surface area contributed by atoms with Crippen LogP contribution in [0.1, 0.15) is 28.8 Å². The lowest BCUT2D eigenvalue weighted by atomic mass is 9.69. The lowest BCUT2D eigenvalue weighted by molar-refractivity contribution is -0.169. The lowest BCUT2D eigenvalue weighted by Crippen LogP contribution is -2.61. The molecule has 1 fully saturated rings. The number of amides is 1. The van der Waals surface area contributed by atoms with Crippen molar-refractivity contribution < 1.29 is 33.3 Å². The minimum Gasteiger partial charge on any atom is -0.493 e. The van der Waals surface area contributed by atoms with Crippen molar-refractivity contribution in [2.75, 3.05) is 35.0 Å². The molecule has 29 heavy (non-hydrogen) atoms. The van der Waals surface area contributed by atoms with E-state index in [1.165, 1.54) is 14.0 Å². The molecule has 0 aromatic heterocycles. The normalized spacial score (nSPS) is 29.7. The van der Waals surface area contributed by atoms with E-state index in [1.807, 2.05) is 6.08 Å². The monoisotopic (exact) mass is 403 g/mol. The van der Waals surface area contributed by atoms with Gasteiger partial charge in [0.1, 0.15) is 18.3 Å². The Bertz CT molecular complexity index is 880. The molecule has 4 rings (SSSR count). The number of benzene rings is 1. The molecule has 1 amide bonds. The van der Waals surface area contributed by atoms with Crippen LogP contribution >= 0.6 is 0 Å². The number of rotatable bonds is 5. The molecule has 0 spiro atoms. The van der Waals surface area contributed by atoms with Crippen LogP contribution in [0.15, 0.2) is 23.8 Å². The Labute approximate surface area is 169 Å². The summed E-state index contributed by atoms with van der Waals surface area (Å²) in [4.78, 5) is 27.0. The summed E-state index contributed by atoms with van der Waals surface area (Å²) in [5.74, 6) is 0.170. The van der Waals surface area contributed by atoms with Crippen LogP contribution in [-0.4, -0.2) is 76.1 Å². The van der Waals surface area contributed by atoms with Gasteiger partial charge in [-0.3, -0.25) is 9.59 Å². The van der Waals surface area contributed by atoms with E-state index in [9.17, 15) is 9.59 Å². The summed E-state index contributed by atoms with van der Waals surface area (Å²) in [5, 5.41) is 0. The van der Waals surface area contributed by atoms with Crippen molar-refractivity contribution in [3.8, 4) is 11.5 Å². The third-order valence-electron chi connectivity index (χ3n) is 6.08. The Morgan fingerprint density at radius 2 is 1.72 bits per heavy atom. The highest BCUT2D eigenvalue weighted by atomic mass is 16.6. The quantitative estimate of drug-likeness (QED) is 0.545. The van der Waals surface area contributed by atoms with Gasteiger partial charge in [-0.15, -0.1) is 0 Å². The Kier molecular flexibility index (Phi) is 5.00. The maximum atomic E-state index is 13.3. The smallest absolute Gasteiger partial charge is 0.303 e. The largest absolute Gasteiger partial charge is 0.493 e. The summed E-state index contributed by atoms with van der Waals surface area (Å²) in [5.41, 5.74) is 2.24. The molecule has 0 unspecified atom stereocenters. The fraction of sp³-hybridized carbons (Fsp3) is 0.524. The summed E-state index contributed by atoms with van der Waals surface area (Å²) in [6.07, 6.45) is 0.464. The summed E-state index contributed by atoms with van der Waals surface area (Å²) in [6.45, 7) is 1.84. The van der Waals surface area contributed by atoms with Crippen molar-refractivity contribution in [1.82, 2.24) is 4.90 Å². The van der Waals surface area contributed by atoms with Crippen molar-refractivity contribution in [1.29, 1.82) is 0 Å². The van der Waals surface area contributed by atoms with Gasteiger partial charge in [-0.05, 0) is 23.3 Å². The maximum absolute atomic E-state index is 13.3. The second-order valence-corrected chi connectivity index (χ2v) is 7.36. The molecule has 0 bridgehead atoms. The van der Waals surface area contributed by atoms with Crippen LogP contribution in [0.2, 0.25) is 0 Å². The fourth-order valence-electron chi connectivity index (χ4n) is 4.98. The highest BCUT2D eigenvalue weighted by molar-refractivity contribution is 5.99. The fourth-order valence-corrected chi connectivity index (χ4v) is 4.98. The first-order valence-corrected chi connectivity index (χ1v) is 9.46. The van der Waals surface area contributed by atoms with E-state index < -0.39 is 24.3 Å². The molecule has 156 valence electrons. The number of nitrogens with zero attached hydrogens (tertiary/aromatic N) is 1. The van der Waals surface area contributed by atoms with E-state index in [4.69, 9.17) is 23.7 Å². The van der Waals surface area contributed by atoms with Gasteiger partial charge >= 0.3 is 5.97 Å². The number of carbonyl (C=O) groups is 2. The highest BCUT2D eigenvalue weighted by Crippen LogP contribution is 2.51. The van der Waals surface area contributed by atoms with E-state index >= 15 is 0 Å². The van der Waals surface area contributed by atoms with Crippen LogP contribution in [0.4, 0.5) is 0 Å². The van der Waals surface area contributed by atoms with Crippen molar-refractivity contribution in [3.05, 3.63) is 34.9 Å². The van der Waals surface area contributed by atoms with Crippen LogP contribution in [0.3, 0.4) is 0 Å². The van der Waals surface area contributed by atoms with E-state index in [0.717, 1.165) is 11.1 Å². The number of methoxy groups -OCH3 is 4. The number of esters is 1. The predicted molar refractivity (Wildman–Crippen MR) is 102 cm³/mol. The zero-order chi connectivity index (χ0) is 20.9. The van der Waals surface area contributed by atoms with Gasteiger partial charge < -0.3 is 28.6 Å². The highest BCUT2D eigenvalue weighted by Gasteiger charge is 2.58. The first kappa shape index (κ1) is 19.7. The van der Waals surface area contributed by atoms with Crippen molar-refractivity contribution in [3.63, 3.8) is 0 Å². The van der Waals surface area contributed by atoms with Gasteiger partial charge in [0.2, 0.25) is 0 Å². The molecule has 2 aliphatic heterocycles. The molecular weight excluding hydrogens is 378 g/mol. The van der Waals surface area contributed by atoms with Gasteiger partial charge in [0.25, 0.3) is 5.91 Å². The minimum absolute atomic E-state index is 0.0965. The van der Waals surface area contributed by atoms with Crippen LogP contribution in [-0.2, 0) is 19.0 Å². The molecule has 1 aliphatic carbocycles. The molecular formula is C21H25NO7. The Morgan fingerprint density at radius 3 is 2.31 bits per heavy atom. The standard InChI is InChI=1S/C21H25NO7/c1-10(23)29-19-16-12-8-14(25-2)15(26-3)9-13(12)21(24)22-7-6-11(17(16)22)18(27-4)20(19)28-5/h6,8-9,16-20H,7H2,1-5H3/t16-,17+,18+,19-,20-/m0/s1. The molecule has 1 aromatic rings. The first-order valence-electron chi connectivity index (χ1n) is 9.46. The first-order chi connectivity index (χ1) is 14.0. The molecule has 0 radical (unpaired) electrons. The molecule has 3 aliphatic rings. The Balaban J connectivity index is 1.93. The van der Waals surface area contributed by atoms with Gasteiger partial charge in [-0.2, -0.15) is 0 Å². The Hall–Kier alpha value is -2.58. The molecule has 0 saturated heterocycles. The second-order valence-electron chi connectivity index (χ2n) is 7.36. The van der Waals surface area contributed by atoms with Gasteiger partial charge in [0.15, 0.2) is 11.5 Å². The van der Waals surface area contributed by atoms with E-state index in [2.05, 4.69) is 0 Å². The van der Waals surface area contributed by atoms with Crippen molar-refractivity contribution in [2.24, 2.45) is 0 Å². The predicted octanol–water partition coefficient (Wildman–Crippen LogP) is 1.53. The van der Waals surface area contributed by atoms with Crippen molar-refractivity contribution in [2.45, 2.75) is 37.2 Å². The average Bonchev–Trinajstić information content (AvgIpc) is 3.15. The molecule has 5 atom stereocenters. The summed E-state index contributed by atoms with van der Waals surface area (Å²) < 4.78 is 28.1. The van der Waals surface area contributed by atoms with Crippen molar-refractivity contribution >= 4 is 11.9 Å². The molecule has 8 heteroatoms. The molecule has 0 N–H and O–H groups in total. The summed E-state index contributed by atoms with van der Waals surface area (Å²) >= 11 is 0. The zero-order valence-corrected chi connectivity index (χ0v) is 17.1. The van der Waals surface area contributed by atoms with Crippen LogP contribution < -0.4 is 9.47 Å². The number of ether oxygens (including phenoxy) is 5. The third-order valence-corrected chi connectivity index (χ3v) is 6.08. The number of carbonyl (C=O) groups excluding carboxylic acids is 2. The van der Waals surface area contributed by atoms with Crippen LogP contribution in [0, 0.1) is 0 Å². The van der Waals surface area contributed by atoms with Gasteiger partial charge in [0, 0.05) is 39.2 Å². The van der Waals surface area contributed by atoms with Crippen LogP contribution in [0.5, 0.6) is 11.5 Å². The SMILES string of the molecule is COc1cc2c(cc1OC)[C@@H]1[C@H](OC(C)=O)[C@@H](OC)[C@H](OC)C3=CCN(C2=O)[C@H]31. The second kappa shape index (κ2) is 7.35. The number of fused-ring (bicyclic) bond motifs is 2. The zero-order valence-electron chi connectivity index (χ0n) is 17.1. The molecule has 1 saturated carbocycles.